The molecule has 4 nitrogen and oxygen atoms in total. The predicted octanol–water partition coefficient (Wildman–Crippen LogP) is 3.43. The Bertz CT molecular complexity index is 618. The summed E-state index contributed by atoms with van der Waals surface area (Å²) < 4.78 is 2.37. The van der Waals surface area contributed by atoms with E-state index in [9.17, 15) is 4.79 Å². The summed E-state index contributed by atoms with van der Waals surface area (Å²) in [7, 11) is 1.76. The molecule has 20 heavy (non-hydrogen) atoms. The molecule has 0 fully saturated rings. The Balaban J connectivity index is 2.35. The molecule has 0 atom stereocenters. The monoisotopic (exact) mass is 336 g/mol. The molecule has 0 unspecified atom stereocenters. The number of carboxylic acids is 1. The normalized spacial score (nSPS) is 10.8. The van der Waals surface area contributed by atoms with Crippen LogP contribution in [0.15, 0.2) is 28.7 Å². The highest BCUT2D eigenvalue weighted by Crippen LogP contribution is 2.30. The first-order valence-electron chi connectivity index (χ1n) is 6.55. The minimum atomic E-state index is -0.862. The van der Waals surface area contributed by atoms with E-state index in [1.165, 1.54) is 5.56 Å². The Morgan fingerprint density at radius 2 is 2.00 bits per heavy atom. The lowest BCUT2D eigenvalue weighted by molar-refractivity contribution is -0.136. The molecule has 1 aromatic heterocycles. The molecule has 0 radical (unpaired) electrons. The Morgan fingerprint density at radius 3 is 2.55 bits per heavy atom. The van der Waals surface area contributed by atoms with E-state index in [-0.39, 0.29) is 6.42 Å². The smallest absolute Gasteiger partial charge is 0.309 e. The van der Waals surface area contributed by atoms with Crippen LogP contribution in [0.5, 0.6) is 0 Å². The number of hydrogen-bond acceptors (Lipinski definition) is 2. The van der Waals surface area contributed by atoms with Crippen molar-refractivity contribution in [2.75, 3.05) is 0 Å². The zero-order valence-corrected chi connectivity index (χ0v) is 13.1. The Kier molecular flexibility index (Phi) is 4.60. The van der Waals surface area contributed by atoms with Crippen molar-refractivity contribution < 1.29 is 9.90 Å². The summed E-state index contributed by atoms with van der Waals surface area (Å²) in [5.74, 6) is -0.862. The molecule has 5 heteroatoms. The first kappa shape index (κ1) is 14.8. The van der Waals surface area contributed by atoms with Crippen LogP contribution in [0.1, 0.15) is 24.6 Å². The van der Waals surface area contributed by atoms with Gasteiger partial charge in [0, 0.05) is 12.6 Å². The van der Waals surface area contributed by atoms with Gasteiger partial charge in [0.1, 0.15) is 5.69 Å². The first-order chi connectivity index (χ1) is 9.52. The lowest BCUT2D eigenvalue weighted by Gasteiger charge is -2.01. The molecule has 0 saturated carbocycles. The van der Waals surface area contributed by atoms with Crippen LogP contribution in [-0.4, -0.2) is 20.9 Å². The average molecular weight is 337 g/mol. The minimum absolute atomic E-state index is 0.0436. The van der Waals surface area contributed by atoms with Crippen molar-refractivity contribution in [3.63, 3.8) is 0 Å². The number of halogens is 1. The van der Waals surface area contributed by atoms with E-state index in [0.29, 0.717) is 5.69 Å². The van der Waals surface area contributed by atoms with Crippen LogP contribution >= 0.6 is 15.9 Å². The molecule has 0 aliphatic heterocycles. The number of carbonyl (C=O) groups is 1. The van der Waals surface area contributed by atoms with Crippen LogP contribution < -0.4 is 0 Å². The SMILES string of the molecule is CCCc1ccc(-c2nn(C)c(CC(=O)O)c2Br)cc1. The van der Waals surface area contributed by atoms with Crippen molar-refractivity contribution in [3.8, 4) is 11.3 Å². The number of rotatable bonds is 5. The summed E-state index contributed by atoms with van der Waals surface area (Å²) in [6.45, 7) is 2.15. The van der Waals surface area contributed by atoms with Crippen molar-refractivity contribution in [1.29, 1.82) is 0 Å². The molecule has 0 spiro atoms. The van der Waals surface area contributed by atoms with E-state index in [2.05, 4.69) is 40.1 Å². The fourth-order valence-corrected chi connectivity index (χ4v) is 2.88. The van der Waals surface area contributed by atoms with E-state index in [0.717, 1.165) is 28.6 Å². The van der Waals surface area contributed by atoms with Crippen molar-refractivity contribution >= 4 is 21.9 Å². The van der Waals surface area contributed by atoms with Gasteiger partial charge in [-0.25, -0.2) is 0 Å². The van der Waals surface area contributed by atoms with Crippen molar-refractivity contribution in [2.24, 2.45) is 7.05 Å². The first-order valence-corrected chi connectivity index (χ1v) is 7.34. The second-order valence-electron chi connectivity index (χ2n) is 4.75. The second-order valence-corrected chi connectivity index (χ2v) is 5.54. The van der Waals surface area contributed by atoms with Gasteiger partial charge in [0.2, 0.25) is 0 Å². The van der Waals surface area contributed by atoms with E-state index in [4.69, 9.17) is 5.11 Å². The van der Waals surface area contributed by atoms with Gasteiger partial charge in [-0.3, -0.25) is 9.48 Å². The summed E-state index contributed by atoms with van der Waals surface area (Å²) in [6, 6.07) is 8.25. The molecule has 106 valence electrons. The second kappa shape index (κ2) is 6.22. The van der Waals surface area contributed by atoms with Crippen LogP contribution in [0, 0.1) is 0 Å². The summed E-state index contributed by atoms with van der Waals surface area (Å²) in [5.41, 5.74) is 3.75. The predicted molar refractivity (Wildman–Crippen MR) is 81.7 cm³/mol. The maximum atomic E-state index is 10.9. The number of aryl methyl sites for hydroxylation is 2. The van der Waals surface area contributed by atoms with Crippen molar-refractivity contribution in [2.45, 2.75) is 26.2 Å². The molecule has 1 N–H and O–H groups in total. The average Bonchev–Trinajstić information content (AvgIpc) is 2.68. The summed E-state index contributed by atoms with van der Waals surface area (Å²) in [6.07, 6.45) is 2.14. The van der Waals surface area contributed by atoms with E-state index in [1.54, 1.807) is 11.7 Å². The molecular weight excluding hydrogens is 320 g/mol. The van der Waals surface area contributed by atoms with E-state index in [1.807, 2.05) is 12.1 Å². The van der Waals surface area contributed by atoms with E-state index < -0.39 is 5.97 Å². The third kappa shape index (κ3) is 3.10. The van der Waals surface area contributed by atoms with Crippen molar-refractivity contribution in [3.05, 3.63) is 40.0 Å². The van der Waals surface area contributed by atoms with Crippen molar-refractivity contribution in [1.82, 2.24) is 9.78 Å². The van der Waals surface area contributed by atoms with Gasteiger partial charge in [0.15, 0.2) is 0 Å². The highest BCUT2D eigenvalue weighted by atomic mass is 79.9. The largest absolute Gasteiger partial charge is 0.481 e. The maximum Gasteiger partial charge on any atom is 0.309 e. The fraction of sp³-hybridized carbons (Fsp3) is 0.333. The standard InChI is InChI=1S/C15H17BrN2O2/c1-3-4-10-5-7-11(8-6-10)15-14(16)12(9-13(19)20)18(2)17-15/h5-8H,3-4,9H2,1-2H3,(H,19,20). The number of hydrogen-bond donors (Lipinski definition) is 1. The topological polar surface area (TPSA) is 55.1 Å². The zero-order chi connectivity index (χ0) is 14.7. The van der Waals surface area contributed by atoms with Crippen LogP contribution in [0.3, 0.4) is 0 Å². The molecular formula is C15H17BrN2O2. The van der Waals surface area contributed by atoms with Gasteiger partial charge in [-0.2, -0.15) is 5.10 Å². The molecule has 2 aromatic rings. The van der Waals surface area contributed by atoms with Gasteiger partial charge in [-0.15, -0.1) is 0 Å². The maximum absolute atomic E-state index is 10.9. The van der Waals surface area contributed by atoms with Gasteiger partial charge in [-0.1, -0.05) is 37.6 Å². The number of aliphatic carboxylic acids is 1. The lowest BCUT2D eigenvalue weighted by Crippen LogP contribution is -2.06. The summed E-state index contributed by atoms with van der Waals surface area (Å²) >= 11 is 3.47. The van der Waals surface area contributed by atoms with Gasteiger partial charge < -0.3 is 5.11 Å². The molecule has 2 rings (SSSR count). The Hall–Kier alpha value is -1.62. The highest BCUT2D eigenvalue weighted by Gasteiger charge is 2.17. The molecule has 1 aromatic carbocycles. The van der Waals surface area contributed by atoms with Gasteiger partial charge >= 0.3 is 5.97 Å². The zero-order valence-electron chi connectivity index (χ0n) is 11.6. The number of nitrogens with zero attached hydrogens (tertiary/aromatic N) is 2. The van der Waals surface area contributed by atoms with Crippen LogP contribution in [0.4, 0.5) is 0 Å². The highest BCUT2D eigenvalue weighted by molar-refractivity contribution is 9.10. The third-order valence-corrected chi connectivity index (χ3v) is 4.02. The minimum Gasteiger partial charge on any atom is -0.481 e. The Labute approximate surface area is 126 Å². The number of aromatic nitrogens is 2. The molecule has 0 bridgehead atoms. The fourth-order valence-electron chi connectivity index (χ4n) is 2.17. The van der Waals surface area contributed by atoms with Gasteiger partial charge in [-0.05, 0) is 27.9 Å². The molecule has 0 aliphatic rings. The molecule has 0 amide bonds. The van der Waals surface area contributed by atoms with Gasteiger partial charge in [0.05, 0.1) is 16.6 Å². The number of carboxylic acid groups (broad SMARTS) is 1. The van der Waals surface area contributed by atoms with Crippen LogP contribution in [-0.2, 0) is 24.7 Å². The summed E-state index contributed by atoms with van der Waals surface area (Å²) in [5, 5.41) is 13.3. The number of benzene rings is 1. The molecule has 0 saturated heterocycles. The Morgan fingerprint density at radius 1 is 1.35 bits per heavy atom. The third-order valence-electron chi connectivity index (χ3n) is 3.19. The lowest BCUT2D eigenvalue weighted by atomic mass is 10.1. The quantitative estimate of drug-likeness (QED) is 0.909. The molecule has 1 heterocycles. The summed E-state index contributed by atoms with van der Waals surface area (Å²) in [4.78, 5) is 10.9. The van der Waals surface area contributed by atoms with Crippen LogP contribution in [0.2, 0.25) is 0 Å². The van der Waals surface area contributed by atoms with Gasteiger partial charge in [0.25, 0.3) is 0 Å². The molecule has 0 aliphatic carbocycles. The van der Waals surface area contributed by atoms with Crippen LogP contribution in [0.25, 0.3) is 11.3 Å². The van der Waals surface area contributed by atoms with E-state index >= 15 is 0 Å².